The van der Waals surface area contributed by atoms with Crippen molar-refractivity contribution in [3.8, 4) is 0 Å². The number of hydrogen-bond acceptors (Lipinski definition) is 2. The van der Waals surface area contributed by atoms with Crippen LogP contribution in [0.3, 0.4) is 0 Å². The van der Waals surface area contributed by atoms with E-state index < -0.39 is 0 Å². The van der Waals surface area contributed by atoms with Crippen LogP contribution >= 0.6 is 0 Å². The number of aryl methyl sites for hydroxylation is 1. The second-order valence-electron chi connectivity index (χ2n) is 5.02. The molecule has 2 aliphatic carbocycles. The molecule has 78 valence electrons. The topological polar surface area (TPSA) is 30.0 Å². The molecule has 0 bridgehead atoms. The molecule has 0 N–H and O–H groups in total. The molecule has 0 aliphatic heterocycles. The minimum absolute atomic E-state index is 0.586. The molecule has 0 aromatic carbocycles. The predicted molar refractivity (Wildman–Crippen MR) is 57.9 cm³/mol. The van der Waals surface area contributed by atoms with Crippen LogP contribution in [0.1, 0.15) is 47.3 Å². The molecule has 0 atom stereocenters. The number of nitrogens with zero attached hydrogens (tertiary/aromatic N) is 1. The molecule has 0 unspecified atom stereocenters. The van der Waals surface area contributed by atoms with Crippen molar-refractivity contribution < 1.29 is 4.79 Å². The Kier molecular flexibility index (Phi) is 1.91. The van der Waals surface area contributed by atoms with E-state index >= 15 is 0 Å². The highest BCUT2D eigenvalue weighted by molar-refractivity contribution is 5.74. The van der Waals surface area contributed by atoms with Gasteiger partial charge in [-0.1, -0.05) is 6.42 Å². The first-order valence-corrected chi connectivity index (χ1v) is 5.74. The fourth-order valence-electron chi connectivity index (χ4n) is 2.94. The molecule has 1 aromatic heterocycles. The van der Waals surface area contributed by atoms with E-state index in [1.807, 2.05) is 6.07 Å². The van der Waals surface area contributed by atoms with Crippen LogP contribution in [0.15, 0.2) is 12.3 Å². The number of aromatic nitrogens is 1. The van der Waals surface area contributed by atoms with Gasteiger partial charge in [-0.3, -0.25) is 9.78 Å². The summed E-state index contributed by atoms with van der Waals surface area (Å²) in [7, 11) is 0. The van der Waals surface area contributed by atoms with E-state index in [2.05, 4.69) is 4.98 Å². The average Bonchev–Trinajstić information content (AvgIpc) is 2.25. The summed E-state index contributed by atoms with van der Waals surface area (Å²) < 4.78 is 0. The molecular formula is C13H15NO. The Morgan fingerprint density at radius 1 is 1.33 bits per heavy atom. The normalized spacial score (nSPS) is 21.9. The molecular weight excluding hydrogens is 186 g/mol. The van der Waals surface area contributed by atoms with E-state index in [0.717, 1.165) is 24.7 Å². The van der Waals surface area contributed by atoms with Gasteiger partial charge in [-0.2, -0.15) is 0 Å². The van der Waals surface area contributed by atoms with Crippen molar-refractivity contribution in [3.05, 3.63) is 29.1 Å². The van der Waals surface area contributed by atoms with Crippen LogP contribution < -0.4 is 0 Å². The SMILES string of the molecule is O=Cc1cnc2c(c1)CCC1(CCC1)C2. The molecule has 1 saturated carbocycles. The van der Waals surface area contributed by atoms with Gasteiger partial charge < -0.3 is 0 Å². The molecule has 0 radical (unpaired) electrons. The maximum absolute atomic E-state index is 10.6. The molecule has 0 saturated heterocycles. The van der Waals surface area contributed by atoms with Crippen LogP contribution in [0.2, 0.25) is 0 Å². The molecule has 1 aromatic rings. The predicted octanol–water partition coefficient (Wildman–Crippen LogP) is 2.55. The molecule has 2 heteroatoms. The van der Waals surface area contributed by atoms with Gasteiger partial charge in [-0.25, -0.2) is 0 Å². The lowest BCUT2D eigenvalue weighted by molar-refractivity contribution is 0.109. The van der Waals surface area contributed by atoms with Crippen molar-refractivity contribution in [2.75, 3.05) is 0 Å². The third-order valence-electron chi connectivity index (χ3n) is 4.10. The molecule has 3 rings (SSSR count). The molecule has 1 fully saturated rings. The van der Waals surface area contributed by atoms with E-state index in [-0.39, 0.29) is 0 Å². The van der Waals surface area contributed by atoms with Gasteiger partial charge in [0.2, 0.25) is 0 Å². The van der Waals surface area contributed by atoms with Gasteiger partial charge in [0.15, 0.2) is 6.29 Å². The van der Waals surface area contributed by atoms with Gasteiger partial charge in [0, 0.05) is 17.5 Å². The molecule has 15 heavy (non-hydrogen) atoms. The van der Waals surface area contributed by atoms with Crippen LogP contribution in [0.4, 0.5) is 0 Å². The number of hydrogen-bond donors (Lipinski definition) is 0. The standard InChI is InChI=1S/C13H15NO/c15-9-10-6-11-2-5-13(3-1-4-13)7-12(11)14-8-10/h6,8-9H,1-5,7H2. The van der Waals surface area contributed by atoms with Crippen LogP contribution in [-0.2, 0) is 12.8 Å². The number of pyridine rings is 1. The summed E-state index contributed by atoms with van der Waals surface area (Å²) >= 11 is 0. The van der Waals surface area contributed by atoms with Crippen molar-refractivity contribution in [1.82, 2.24) is 4.98 Å². The largest absolute Gasteiger partial charge is 0.298 e. The minimum atomic E-state index is 0.586. The lowest BCUT2D eigenvalue weighted by Crippen LogP contribution is -2.35. The summed E-state index contributed by atoms with van der Waals surface area (Å²) in [6.45, 7) is 0. The van der Waals surface area contributed by atoms with Crippen molar-refractivity contribution in [1.29, 1.82) is 0 Å². The van der Waals surface area contributed by atoms with Crippen LogP contribution in [-0.4, -0.2) is 11.3 Å². The van der Waals surface area contributed by atoms with Gasteiger partial charge in [0.05, 0.1) is 0 Å². The monoisotopic (exact) mass is 201 g/mol. The van der Waals surface area contributed by atoms with Crippen LogP contribution in [0, 0.1) is 5.41 Å². The minimum Gasteiger partial charge on any atom is -0.298 e. The zero-order valence-electron chi connectivity index (χ0n) is 8.83. The highest BCUT2D eigenvalue weighted by atomic mass is 16.1. The first kappa shape index (κ1) is 9.08. The Labute approximate surface area is 89.7 Å². The fraction of sp³-hybridized carbons (Fsp3) is 0.538. The van der Waals surface area contributed by atoms with E-state index in [4.69, 9.17) is 0 Å². The van der Waals surface area contributed by atoms with E-state index in [9.17, 15) is 4.79 Å². The van der Waals surface area contributed by atoms with Crippen LogP contribution in [0.25, 0.3) is 0 Å². The van der Waals surface area contributed by atoms with E-state index in [0.29, 0.717) is 5.41 Å². The zero-order valence-corrected chi connectivity index (χ0v) is 8.83. The quantitative estimate of drug-likeness (QED) is 0.653. The number of carbonyl (C=O) groups is 1. The van der Waals surface area contributed by atoms with Crippen molar-refractivity contribution in [3.63, 3.8) is 0 Å². The number of carbonyl (C=O) groups excluding carboxylic acids is 1. The lowest BCUT2D eigenvalue weighted by Gasteiger charge is -2.45. The highest BCUT2D eigenvalue weighted by Gasteiger charge is 2.39. The molecule has 1 heterocycles. The summed E-state index contributed by atoms with van der Waals surface area (Å²) in [5.74, 6) is 0. The first-order valence-electron chi connectivity index (χ1n) is 5.74. The molecule has 0 amide bonds. The van der Waals surface area contributed by atoms with Crippen molar-refractivity contribution in [2.45, 2.75) is 38.5 Å². The summed E-state index contributed by atoms with van der Waals surface area (Å²) in [6, 6.07) is 2.01. The van der Waals surface area contributed by atoms with Crippen molar-refractivity contribution >= 4 is 6.29 Å². The van der Waals surface area contributed by atoms with Gasteiger partial charge in [-0.05, 0) is 49.1 Å². The maximum Gasteiger partial charge on any atom is 0.151 e. The Morgan fingerprint density at radius 3 is 2.87 bits per heavy atom. The summed E-state index contributed by atoms with van der Waals surface area (Å²) in [6.07, 6.45) is 10.3. The lowest BCUT2D eigenvalue weighted by atomic mass is 9.60. The van der Waals surface area contributed by atoms with Gasteiger partial charge in [-0.15, -0.1) is 0 Å². The Morgan fingerprint density at radius 2 is 2.20 bits per heavy atom. The highest BCUT2D eigenvalue weighted by Crippen LogP contribution is 2.49. The Balaban J connectivity index is 1.93. The van der Waals surface area contributed by atoms with Gasteiger partial charge >= 0.3 is 0 Å². The zero-order chi connectivity index (χ0) is 10.3. The van der Waals surface area contributed by atoms with Crippen LogP contribution in [0.5, 0.6) is 0 Å². The fourth-order valence-corrected chi connectivity index (χ4v) is 2.94. The van der Waals surface area contributed by atoms with E-state index in [1.165, 1.54) is 36.9 Å². The second kappa shape index (κ2) is 3.16. The second-order valence-corrected chi connectivity index (χ2v) is 5.02. The number of aldehydes is 1. The van der Waals surface area contributed by atoms with Gasteiger partial charge in [0.1, 0.15) is 0 Å². The van der Waals surface area contributed by atoms with Gasteiger partial charge in [0.25, 0.3) is 0 Å². The molecule has 1 spiro atoms. The Hall–Kier alpha value is -1.18. The summed E-state index contributed by atoms with van der Waals surface area (Å²) in [4.78, 5) is 15.1. The average molecular weight is 201 g/mol. The van der Waals surface area contributed by atoms with Crippen molar-refractivity contribution in [2.24, 2.45) is 5.41 Å². The number of rotatable bonds is 1. The molecule has 2 nitrogen and oxygen atoms in total. The third kappa shape index (κ3) is 1.39. The third-order valence-corrected chi connectivity index (χ3v) is 4.10. The first-order chi connectivity index (χ1) is 7.31. The summed E-state index contributed by atoms with van der Waals surface area (Å²) in [5, 5.41) is 0. The molecule has 2 aliphatic rings. The smallest absolute Gasteiger partial charge is 0.151 e. The number of fused-ring (bicyclic) bond motifs is 1. The summed E-state index contributed by atoms with van der Waals surface area (Å²) in [5.41, 5.74) is 3.85. The van der Waals surface area contributed by atoms with E-state index in [1.54, 1.807) is 6.20 Å². The Bertz CT molecular complexity index is 407. The maximum atomic E-state index is 10.6.